The Balaban J connectivity index is 1.79. The van der Waals surface area contributed by atoms with Gasteiger partial charge in [-0.2, -0.15) is 0 Å². The minimum Gasteiger partial charge on any atom is -0.381 e. The Morgan fingerprint density at radius 2 is 1.72 bits per heavy atom. The average Bonchev–Trinajstić information content (AvgIpc) is 2.37. The number of carbonyl (C=O) groups excluding carboxylic acids is 1. The van der Waals surface area contributed by atoms with Crippen LogP contribution in [0.3, 0.4) is 0 Å². The summed E-state index contributed by atoms with van der Waals surface area (Å²) in [7, 11) is 0. The molecule has 0 aromatic rings. The molecule has 2 aliphatic heterocycles. The number of piperidine rings is 1. The molecular weight excluding hydrogens is 226 g/mol. The molecule has 2 saturated heterocycles. The van der Waals surface area contributed by atoms with E-state index in [2.05, 4.69) is 18.7 Å². The summed E-state index contributed by atoms with van der Waals surface area (Å²) < 4.78 is 5.36. The van der Waals surface area contributed by atoms with E-state index in [0.717, 1.165) is 38.9 Å². The molecule has 2 atom stereocenters. The van der Waals surface area contributed by atoms with E-state index >= 15 is 0 Å². The van der Waals surface area contributed by atoms with Gasteiger partial charge in [-0.05, 0) is 58.3 Å². The first-order chi connectivity index (χ1) is 8.68. The second-order valence-corrected chi connectivity index (χ2v) is 6.02. The van der Waals surface area contributed by atoms with Crippen LogP contribution < -0.4 is 0 Å². The van der Waals surface area contributed by atoms with Crippen LogP contribution in [0.1, 0.15) is 58.8 Å². The summed E-state index contributed by atoms with van der Waals surface area (Å²) in [5.41, 5.74) is 0. The van der Waals surface area contributed by atoms with E-state index in [0.29, 0.717) is 23.9 Å². The highest BCUT2D eigenvalue weighted by Gasteiger charge is 2.29. The molecule has 0 spiro atoms. The van der Waals surface area contributed by atoms with Crippen LogP contribution in [0.4, 0.5) is 0 Å². The zero-order valence-electron chi connectivity index (χ0n) is 11.9. The lowest BCUT2D eigenvalue weighted by Crippen LogP contribution is -2.47. The number of likely N-dealkylation sites (tertiary alicyclic amines) is 1. The maximum Gasteiger partial charge on any atom is 0.223 e. The lowest BCUT2D eigenvalue weighted by Gasteiger charge is -2.39. The normalized spacial score (nSPS) is 30.4. The Labute approximate surface area is 111 Å². The minimum atomic E-state index is 0.376. The molecule has 2 unspecified atom stereocenters. The fourth-order valence-corrected chi connectivity index (χ4v) is 3.40. The Kier molecular flexibility index (Phi) is 5.04. The van der Waals surface area contributed by atoms with Crippen molar-refractivity contribution in [2.24, 2.45) is 5.92 Å². The summed E-state index contributed by atoms with van der Waals surface area (Å²) in [6.45, 7) is 6.16. The van der Waals surface area contributed by atoms with Gasteiger partial charge in [0.1, 0.15) is 0 Å². The van der Waals surface area contributed by atoms with Gasteiger partial charge in [0.15, 0.2) is 0 Å². The highest BCUT2D eigenvalue weighted by atomic mass is 16.5. The van der Waals surface area contributed by atoms with Gasteiger partial charge in [-0.3, -0.25) is 4.79 Å². The molecule has 0 aromatic carbocycles. The highest BCUT2D eigenvalue weighted by molar-refractivity contribution is 5.77. The number of nitrogens with zero attached hydrogens (tertiary/aromatic N) is 1. The van der Waals surface area contributed by atoms with E-state index in [4.69, 9.17) is 4.74 Å². The molecule has 18 heavy (non-hydrogen) atoms. The van der Waals surface area contributed by atoms with Crippen LogP contribution in [0.2, 0.25) is 0 Å². The van der Waals surface area contributed by atoms with E-state index in [-0.39, 0.29) is 0 Å². The number of carbonyl (C=O) groups is 1. The number of rotatable bonds is 3. The molecule has 0 aromatic heterocycles. The summed E-state index contributed by atoms with van der Waals surface area (Å²) in [4.78, 5) is 14.5. The van der Waals surface area contributed by atoms with Crippen molar-refractivity contribution in [1.82, 2.24) is 4.90 Å². The van der Waals surface area contributed by atoms with Crippen LogP contribution in [0.5, 0.6) is 0 Å². The SMILES string of the molecule is CC1CCCC(C)N1C(=O)CCC1CCOCC1. The molecule has 2 heterocycles. The van der Waals surface area contributed by atoms with Gasteiger partial charge in [0.05, 0.1) is 0 Å². The van der Waals surface area contributed by atoms with Gasteiger partial charge in [-0.15, -0.1) is 0 Å². The van der Waals surface area contributed by atoms with Gasteiger partial charge >= 0.3 is 0 Å². The third-order valence-electron chi connectivity index (χ3n) is 4.59. The number of hydrogen-bond acceptors (Lipinski definition) is 2. The average molecular weight is 253 g/mol. The quantitative estimate of drug-likeness (QED) is 0.774. The van der Waals surface area contributed by atoms with Crippen molar-refractivity contribution in [2.45, 2.75) is 70.9 Å². The first-order valence-electron chi connectivity index (χ1n) is 7.57. The van der Waals surface area contributed by atoms with Crippen molar-refractivity contribution in [3.05, 3.63) is 0 Å². The monoisotopic (exact) mass is 253 g/mol. The summed E-state index contributed by atoms with van der Waals surface area (Å²) in [6.07, 6.45) is 7.68. The predicted molar refractivity (Wildman–Crippen MR) is 72.4 cm³/mol. The Morgan fingerprint density at radius 1 is 1.11 bits per heavy atom. The molecule has 2 aliphatic rings. The number of hydrogen-bond donors (Lipinski definition) is 0. The topological polar surface area (TPSA) is 29.5 Å². The molecule has 1 amide bonds. The molecule has 2 rings (SSSR count). The minimum absolute atomic E-state index is 0.376. The van der Waals surface area contributed by atoms with Crippen molar-refractivity contribution >= 4 is 5.91 Å². The van der Waals surface area contributed by atoms with E-state index in [1.54, 1.807) is 0 Å². The Hall–Kier alpha value is -0.570. The lowest BCUT2D eigenvalue weighted by atomic mass is 9.93. The van der Waals surface area contributed by atoms with Gasteiger partial charge < -0.3 is 9.64 Å². The highest BCUT2D eigenvalue weighted by Crippen LogP contribution is 2.25. The second kappa shape index (κ2) is 6.55. The number of amides is 1. The third kappa shape index (κ3) is 3.47. The van der Waals surface area contributed by atoms with Crippen molar-refractivity contribution in [2.75, 3.05) is 13.2 Å². The largest absolute Gasteiger partial charge is 0.381 e. The van der Waals surface area contributed by atoms with Gasteiger partial charge in [0.25, 0.3) is 0 Å². The van der Waals surface area contributed by atoms with Crippen LogP contribution in [-0.2, 0) is 9.53 Å². The number of ether oxygens (including phenoxy) is 1. The molecule has 0 aliphatic carbocycles. The molecule has 0 saturated carbocycles. The first-order valence-corrected chi connectivity index (χ1v) is 7.57. The standard InChI is InChI=1S/C15H27NO2/c1-12-4-3-5-13(2)16(12)15(17)7-6-14-8-10-18-11-9-14/h12-14H,3-11H2,1-2H3. The Bertz CT molecular complexity index is 264. The summed E-state index contributed by atoms with van der Waals surface area (Å²) in [6, 6.07) is 0.881. The van der Waals surface area contributed by atoms with Crippen molar-refractivity contribution in [3.63, 3.8) is 0 Å². The maximum atomic E-state index is 12.4. The molecule has 3 heteroatoms. The summed E-state index contributed by atoms with van der Waals surface area (Å²) >= 11 is 0. The van der Waals surface area contributed by atoms with Crippen LogP contribution >= 0.6 is 0 Å². The van der Waals surface area contributed by atoms with E-state index < -0.39 is 0 Å². The second-order valence-electron chi connectivity index (χ2n) is 6.02. The summed E-state index contributed by atoms with van der Waals surface area (Å²) in [5, 5.41) is 0. The molecule has 3 nitrogen and oxygen atoms in total. The smallest absolute Gasteiger partial charge is 0.223 e. The molecule has 104 valence electrons. The fourth-order valence-electron chi connectivity index (χ4n) is 3.40. The molecule has 2 fully saturated rings. The van der Waals surface area contributed by atoms with Crippen LogP contribution in [0, 0.1) is 5.92 Å². The third-order valence-corrected chi connectivity index (χ3v) is 4.59. The van der Waals surface area contributed by atoms with Crippen LogP contribution in [0.25, 0.3) is 0 Å². The molecule has 0 N–H and O–H groups in total. The predicted octanol–water partition coefficient (Wildman–Crippen LogP) is 2.98. The van der Waals surface area contributed by atoms with Gasteiger partial charge in [0.2, 0.25) is 5.91 Å². The zero-order chi connectivity index (χ0) is 13.0. The Morgan fingerprint density at radius 3 is 2.33 bits per heavy atom. The van der Waals surface area contributed by atoms with E-state index in [9.17, 15) is 4.79 Å². The van der Waals surface area contributed by atoms with Gasteiger partial charge in [0, 0.05) is 31.7 Å². The van der Waals surface area contributed by atoms with Gasteiger partial charge in [-0.25, -0.2) is 0 Å². The summed E-state index contributed by atoms with van der Waals surface area (Å²) in [5.74, 6) is 1.08. The molecule has 0 bridgehead atoms. The zero-order valence-corrected chi connectivity index (χ0v) is 11.9. The van der Waals surface area contributed by atoms with Crippen molar-refractivity contribution < 1.29 is 9.53 Å². The fraction of sp³-hybridized carbons (Fsp3) is 0.933. The maximum absolute atomic E-state index is 12.4. The molecule has 0 radical (unpaired) electrons. The van der Waals surface area contributed by atoms with Crippen molar-refractivity contribution in [1.29, 1.82) is 0 Å². The van der Waals surface area contributed by atoms with Gasteiger partial charge in [-0.1, -0.05) is 0 Å². The first kappa shape index (κ1) is 13.9. The van der Waals surface area contributed by atoms with Crippen LogP contribution in [-0.4, -0.2) is 36.1 Å². The molecular formula is C15H27NO2. The van der Waals surface area contributed by atoms with E-state index in [1.807, 2.05) is 0 Å². The lowest BCUT2D eigenvalue weighted by molar-refractivity contribution is -0.137. The van der Waals surface area contributed by atoms with E-state index in [1.165, 1.54) is 19.3 Å². The van der Waals surface area contributed by atoms with Crippen molar-refractivity contribution in [3.8, 4) is 0 Å². The van der Waals surface area contributed by atoms with Crippen LogP contribution in [0.15, 0.2) is 0 Å².